The third-order valence-corrected chi connectivity index (χ3v) is 11.9. The molecule has 13 heteroatoms. The van der Waals surface area contributed by atoms with Crippen LogP contribution in [-0.4, -0.2) is 121 Å². The number of nitrogens with two attached hydrogens (primary N) is 1. The number of carbonyl (C=O) groups excluding carboxylic acids is 4. The Morgan fingerprint density at radius 2 is 1.72 bits per heavy atom. The Balaban J connectivity index is 1.74. The van der Waals surface area contributed by atoms with Gasteiger partial charge in [0.15, 0.2) is 0 Å². The number of likely N-dealkylation sites (tertiary alicyclic amines) is 1. The second-order valence-electron chi connectivity index (χ2n) is 16.1. The van der Waals surface area contributed by atoms with Gasteiger partial charge in [0.2, 0.25) is 23.6 Å². The summed E-state index contributed by atoms with van der Waals surface area (Å²) in [5.74, 6) is -1.41. The molecule has 0 saturated carbocycles. The Hall–Kier alpha value is -3.26. The van der Waals surface area contributed by atoms with Gasteiger partial charge in [0.25, 0.3) is 0 Å². The van der Waals surface area contributed by atoms with Crippen LogP contribution in [-0.2, 0) is 35.1 Å². The molecule has 2 saturated heterocycles. The molecule has 4 amide bonds. The highest BCUT2D eigenvalue weighted by Crippen LogP contribution is 2.30. The largest absolute Gasteiger partial charge is 0.399 e. The lowest BCUT2D eigenvalue weighted by Crippen LogP contribution is -2.59. The predicted molar refractivity (Wildman–Crippen MR) is 211 cm³/mol. The first-order valence-electron chi connectivity index (χ1n) is 20.1. The van der Waals surface area contributed by atoms with E-state index in [4.69, 9.17) is 15.2 Å². The molecular weight excluding hydrogens is 688 g/mol. The van der Waals surface area contributed by atoms with E-state index in [1.807, 2.05) is 32.9 Å². The van der Waals surface area contributed by atoms with Gasteiger partial charge in [0.1, 0.15) is 6.04 Å². The highest BCUT2D eigenvalue weighted by atomic mass is 16.5. The van der Waals surface area contributed by atoms with Gasteiger partial charge in [0.05, 0.1) is 55.3 Å². The quantitative estimate of drug-likeness (QED) is 0.125. The van der Waals surface area contributed by atoms with Crippen LogP contribution in [0, 0.1) is 23.7 Å². The molecule has 2 fully saturated rings. The van der Waals surface area contributed by atoms with E-state index in [-0.39, 0.29) is 72.5 Å². The smallest absolute Gasteiger partial charge is 0.245 e. The first-order valence-corrected chi connectivity index (χ1v) is 20.1. The highest BCUT2D eigenvalue weighted by molar-refractivity contribution is 5.90. The van der Waals surface area contributed by atoms with Crippen LogP contribution in [0.5, 0.6) is 0 Å². The second-order valence-corrected chi connectivity index (χ2v) is 16.1. The summed E-state index contributed by atoms with van der Waals surface area (Å²) in [6.07, 6.45) is 3.30. The van der Waals surface area contributed by atoms with Crippen molar-refractivity contribution in [2.75, 3.05) is 40.2 Å². The van der Waals surface area contributed by atoms with Crippen molar-refractivity contribution in [3.05, 3.63) is 29.8 Å². The number of aliphatic hydroxyl groups is 1. The van der Waals surface area contributed by atoms with Gasteiger partial charge in [-0.2, -0.15) is 0 Å². The molecule has 11 atom stereocenters. The molecule has 54 heavy (non-hydrogen) atoms. The van der Waals surface area contributed by atoms with Crippen LogP contribution < -0.4 is 21.7 Å². The Morgan fingerprint density at radius 3 is 2.26 bits per heavy atom. The summed E-state index contributed by atoms with van der Waals surface area (Å²) in [5, 5.41) is 19.5. The van der Waals surface area contributed by atoms with E-state index < -0.39 is 36.3 Å². The van der Waals surface area contributed by atoms with E-state index in [1.165, 1.54) is 0 Å². The first kappa shape index (κ1) is 45.1. The number of hydrogen-bond donors (Lipinski definition) is 5. The molecule has 1 aromatic rings. The number of amides is 4. The molecule has 0 aliphatic carbocycles. The van der Waals surface area contributed by atoms with Crippen LogP contribution in [0.1, 0.15) is 92.6 Å². The third kappa shape index (κ3) is 11.4. The summed E-state index contributed by atoms with van der Waals surface area (Å²) in [4.78, 5) is 58.9. The van der Waals surface area contributed by atoms with E-state index in [2.05, 4.69) is 36.7 Å². The number of hydrogen-bond acceptors (Lipinski definition) is 9. The predicted octanol–water partition coefficient (Wildman–Crippen LogP) is 3.13. The van der Waals surface area contributed by atoms with Crippen molar-refractivity contribution in [1.29, 1.82) is 0 Å². The van der Waals surface area contributed by atoms with E-state index in [0.717, 1.165) is 31.2 Å². The number of rotatable bonds is 20. The molecule has 0 radical (unpaired) electrons. The monoisotopic (exact) mass is 759 g/mol. The minimum absolute atomic E-state index is 0.0143. The third-order valence-electron chi connectivity index (χ3n) is 11.9. The van der Waals surface area contributed by atoms with Crippen LogP contribution in [0.2, 0.25) is 0 Å². The molecule has 1 aromatic carbocycles. The lowest BCUT2D eigenvalue weighted by molar-refractivity contribution is -0.147. The fraction of sp³-hybridized carbons (Fsp3) is 0.756. The normalized spacial score (nSPS) is 24.0. The molecule has 11 unspecified atom stereocenters. The minimum Gasteiger partial charge on any atom is -0.399 e. The van der Waals surface area contributed by atoms with Crippen LogP contribution in [0.25, 0.3) is 0 Å². The van der Waals surface area contributed by atoms with E-state index in [1.54, 1.807) is 50.1 Å². The van der Waals surface area contributed by atoms with Crippen molar-refractivity contribution in [1.82, 2.24) is 25.8 Å². The molecule has 13 nitrogen and oxygen atoms in total. The number of nitrogens with one attached hydrogen (secondary N) is 3. The van der Waals surface area contributed by atoms with Crippen LogP contribution >= 0.6 is 0 Å². The number of anilines is 1. The van der Waals surface area contributed by atoms with Crippen LogP contribution in [0.3, 0.4) is 0 Å². The van der Waals surface area contributed by atoms with Crippen LogP contribution in [0.15, 0.2) is 24.3 Å². The fourth-order valence-corrected chi connectivity index (χ4v) is 8.40. The Kier molecular flexibility index (Phi) is 17.7. The number of nitrogens with zero attached hydrogens (tertiary/aromatic N) is 2. The number of ether oxygens (including phenoxy) is 2. The average Bonchev–Trinajstić information content (AvgIpc) is 3.80. The number of nitrogen functional groups attached to an aromatic ring is 1. The summed E-state index contributed by atoms with van der Waals surface area (Å²) in [7, 11) is 4.87. The molecule has 0 spiro atoms. The Bertz CT molecular complexity index is 1360. The number of benzene rings is 1. The lowest BCUT2D eigenvalue weighted by atomic mass is 9.89. The standard InChI is InChI=1S/C41H70N6O7/c1-11-25(5)37(46(8)41(52)35(24(3)4)45-40(51)36-26(6)20-30(12-2)43-36)33(53-9)22-34(49)47-19-13-14-32(47)38(54-10)27(7)39(50)44-31(23-48)21-28-15-17-29(42)18-16-28/h15-18,24-27,30-33,35-38,43,48H,11-14,19-23,42H2,1-10H3,(H,44,50)(H,45,51). The molecule has 2 aliphatic rings. The summed E-state index contributed by atoms with van der Waals surface area (Å²) in [5.41, 5.74) is 7.39. The lowest BCUT2D eigenvalue weighted by Gasteiger charge is -2.41. The summed E-state index contributed by atoms with van der Waals surface area (Å²) >= 11 is 0. The van der Waals surface area contributed by atoms with Crippen molar-refractivity contribution in [2.24, 2.45) is 23.7 Å². The fourth-order valence-electron chi connectivity index (χ4n) is 8.40. The van der Waals surface area contributed by atoms with E-state index in [0.29, 0.717) is 25.1 Å². The molecule has 2 heterocycles. The van der Waals surface area contributed by atoms with Crippen molar-refractivity contribution >= 4 is 29.3 Å². The van der Waals surface area contributed by atoms with Crippen molar-refractivity contribution < 1.29 is 33.8 Å². The van der Waals surface area contributed by atoms with Gasteiger partial charge in [-0.1, -0.05) is 67.0 Å². The van der Waals surface area contributed by atoms with Crippen molar-refractivity contribution in [3.63, 3.8) is 0 Å². The average molecular weight is 759 g/mol. The molecule has 0 bridgehead atoms. The summed E-state index contributed by atoms with van der Waals surface area (Å²) in [6.45, 7) is 14.2. The maximum absolute atomic E-state index is 14.3. The number of methoxy groups -OCH3 is 2. The topological polar surface area (TPSA) is 176 Å². The number of aliphatic hydroxyl groups excluding tert-OH is 1. The van der Waals surface area contributed by atoms with Gasteiger partial charge in [0, 0.05) is 39.5 Å². The molecule has 3 rings (SSSR count). The Labute approximate surface area is 323 Å². The van der Waals surface area contributed by atoms with Crippen LogP contribution in [0.4, 0.5) is 5.69 Å². The Morgan fingerprint density at radius 1 is 1.06 bits per heavy atom. The zero-order chi connectivity index (χ0) is 40.3. The van der Waals surface area contributed by atoms with E-state index in [9.17, 15) is 24.3 Å². The van der Waals surface area contributed by atoms with E-state index >= 15 is 0 Å². The molecule has 306 valence electrons. The SMILES string of the molecule is CCC1CC(C)C(C(=O)NC(C(=O)N(C)C(C(C)CC)C(CC(=O)N2CCCC2C(OC)C(C)C(=O)NC(CO)Cc2ccc(N)cc2)OC)C(C)C)N1. The molecular formula is C41H70N6O7. The highest BCUT2D eigenvalue weighted by Gasteiger charge is 2.43. The summed E-state index contributed by atoms with van der Waals surface area (Å²) in [6, 6.07) is 5.22. The maximum Gasteiger partial charge on any atom is 0.245 e. The molecule has 6 N–H and O–H groups in total. The van der Waals surface area contributed by atoms with Crippen molar-refractivity contribution in [3.8, 4) is 0 Å². The second kappa shape index (κ2) is 21.2. The maximum atomic E-state index is 14.3. The van der Waals surface area contributed by atoms with Gasteiger partial charge in [-0.05, 0) is 67.6 Å². The summed E-state index contributed by atoms with van der Waals surface area (Å²) < 4.78 is 12.0. The zero-order valence-corrected chi connectivity index (χ0v) is 34.5. The molecule has 0 aromatic heterocycles. The number of likely N-dealkylation sites (N-methyl/N-ethyl adjacent to an activating group) is 1. The van der Waals surface area contributed by atoms with Gasteiger partial charge in [-0.3, -0.25) is 19.2 Å². The molecule has 2 aliphatic heterocycles. The zero-order valence-electron chi connectivity index (χ0n) is 34.5. The van der Waals surface area contributed by atoms with Gasteiger partial charge in [-0.15, -0.1) is 0 Å². The van der Waals surface area contributed by atoms with Crippen molar-refractivity contribution in [2.45, 2.75) is 142 Å². The first-order chi connectivity index (χ1) is 25.6. The number of carbonyl (C=O) groups is 4. The minimum atomic E-state index is -0.744. The van der Waals surface area contributed by atoms with Gasteiger partial charge >= 0.3 is 0 Å². The van der Waals surface area contributed by atoms with Gasteiger partial charge < -0.3 is 46.1 Å². The van der Waals surface area contributed by atoms with Gasteiger partial charge in [-0.25, -0.2) is 0 Å².